The number of nitrogens with zero attached hydrogens (tertiary/aromatic N) is 1. The average molecular weight is 550 g/mol. The predicted molar refractivity (Wildman–Crippen MR) is 152 cm³/mol. The Balaban J connectivity index is 1.64. The quantitative estimate of drug-likeness (QED) is 0.385. The molecule has 1 unspecified atom stereocenters. The first-order valence-electron chi connectivity index (χ1n) is 15.1. The van der Waals surface area contributed by atoms with Crippen LogP contribution in [0.1, 0.15) is 86.5 Å². The molecular weight excluding hydrogens is 502 g/mol. The second-order valence-corrected chi connectivity index (χ2v) is 15.3. The second kappa shape index (κ2) is 9.38. The molecule has 0 saturated heterocycles. The molecule has 0 aromatic carbocycles. The Morgan fingerprint density at radius 3 is 2.35 bits per heavy atom. The molecule has 0 radical (unpaired) electrons. The van der Waals surface area contributed by atoms with Crippen molar-refractivity contribution in [3.05, 3.63) is 23.3 Å². The lowest BCUT2D eigenvalue weighted by atomic mass is 9.35. The van der Waals surface area contributed by atoms with Crippen molar-refractivity contribution >= 4 is 17.5 Å². The van der Waals surface area contributed by atoms with E-state index in [1.807, 2.05) is 19.1 Å². The summed E-state index contributed by atoms with van der Waals surface area (Å²) >= 11 is 0. The van der Waals surface area contributed by atoms with E-state index in [2.05, 4.69) is 40.7 Å². The highest BCUT2D eigenvalue weighted by Gasteiger charge is 2.69. The Kier molecular flexibility index (Phi) is 6.86. The van der Waals surface area contributed by atoms with Gasteiger partial charge in [0.15, 0.2) is 11.6 Å². The van der Waals surface area contributed by atoms with Crippen molar-refractivity contribution in [3.63, 3.8) is 0 Å². The van der Waals surface area contributed by atoms with Gasteiger partial charge in [-0.1, -0.05) is 53.2 Å². The van der Waals surface area contributed by atoms with E-state index < -0.39 is 10.8 Å². The third-order valence-electron chi connectivity index (χ3n) is 12.9. The third-order valence-corrected chi connectivity index (χ3v) is 12.9. The Bertz CT molecular complexity index is 1240. The number of ether oxygens (including phenoxy) is 2. The minimum Gasteiger partial charge on any atom is -0.469 e. The number of ketones is 2. The van der Waals surface area contributed by atoms with Crippen molar-refractivity contribution in [3.8, 4) is 6.07 Å². The van der Waals surface area contributed by atoms with Crippen LogP contribution in [-0.4, -0.2) is 38.4 Å². The standard InChI is InChI=1S/C34H47NO5/c1-30(2)17-22-21(23(18-30)29(38)40-8)9-11-34(6)27(22)24(36)15-26-32(4)16-20(19-35)28(37)31(3,13-14-39-7)25(32)10-12-33(26,34)5/h15-16,21-23,25,27H,9-14,17-18H2,1-8H3/t21?,22-,23-,25+,27+,31+,32+,33-,34-/m1/s1. The lowest BCUT2D eigenvalue weighted by Gasteiger charge is -2.68. The molecule has 0 aliphatic heterocycles. The summed E-state index contributed by atoms with van der Waals surface area (Å²) < 4.78 is 10.7. The third kappa shape index (κ3) is 3.79. The molecule has 0 spiro atoms. The summed E-state index contributed by atoms with van der Waals surface area (Å²) in [4.78, 5) is 41.0. The number of fused-ring (bicyclic) bond motifs is 7. The lowest BCUT2D eigenvalue weighted by Crippen LogP contribution is -2.64. The summed E-state index contributed by atoms with van der Waals surface area (Å²) in [6, 6.07) is 2.21. The summed E-state index contributed by atoms with van der Waals surface area (Å²) in [7, 11) is 3.12. The first-order valence-corrected chi connectivity index (χ1v) is 15.1. The van der Waals surface area contributed by atoms with Crippen molar-refractivity contribution in [1.82, 2.24) is 0 Å². The van der Waals surface area contributed by atoms with Crippen LogP contribution in [0.5, 0.6) is 0 Å². The summed E-state index contributed by atoms with van der Waals surface area (Å²) in [5.74, 6) is -0.126. The van der Waals surface area contributed by atoms with Gasteiger partial charge in [-0.2, -0.15) is 5.26 Å². The highest BCUT2D eigenvalue weighted by molar-refractivity contribution is 6.05. The number of hydrogen-bond acceptors (Lipinski definition) is 6. The van der Waals surface area contributed by atoms with Crippen LogP contribution < -0.4 is 0 Å². The van der Waals surface area contributed by atoms with Gasteiger partial charge in [0, 0.05) is 30.5 Å². The van der Waals surface area contributed by atoms with E-state index in [4.69, 9.17) is 9.47 Å². The van der Waals surface area contributed by atoms with Gasteiger partial charge in [0.1, 0.15) is 6.07 Å². The van der Waals surface area contributed by atoms with E-state index in [0.717, 1.165) is 44.1 Å². The highest BCUT2D eigenvalue weighted by Crippen LogP contribution is 2.73. The minimum atomic E-state index is -0.730. The van der Waals surface area contributed by atoms with Crippen molar-refractivity contribution in [2.45, 2.75) is 86.5 Å². The van der Waals surface area contributed by atoms with Crippen molar-refractivity contribution in [2.75, 3.05) is 20.8 Å². The largest absolute Gasteiger partial charge is 0.469 e. The summed E-state index contributed by atoms with van der Waals surface area (Å²) in [5, 5.41) is 10.0. The SMILES string of the molecule is COCC[C@]1(C)C(=O)C(C#N)=C[C@]2(C)C3=CC(=O)[C@@H]4[C@@H]5CC(C)(C)C[C@@H](C(=O)OC)C5CC[C@@]4(C)[C@]3(C)CC[C@H]21. The molecule has 0 N–H and O–H groups in total. The van der Waals surface area contributed by atoms with E-state index >= 15 is 0 Å². The molecule has 0 heterocycles. The number of rotatable bonds is 4. The molecule has 5 aliphatic carbocycles. The van der Waals surface area contributed by atoms with Crippen LogP contribution in [0, 0.1) is 68.0 Å². The van der Waals surface area contributed by atoms with Gasteiger partial charge in [-0.15, -0.1) is 0 Å². The van der Waals surface area contributed by atoms with E-state index in [1.54, 1.807) is 7.11 Å². The van der Waals surface area contributed by atoms with Gasteiger partial charge in [0.2, 0.25) is 0 Å². The molecule has 5 rings (SSSR count). The number of methoxy groups -OCH3 is 2. The Labute approximate surface area is 239 Å². The molecule has 0 bridgehead atoms. The van der Waals surface area contributed by atoms with Crippen molar-refractivity contribution < 1.29 is 23.9 Å². The normalized spacial score (nSPS) is 45.5. The fraction of sp³-hybridized carbons (Fsp3) is 0.765. The Hall–Kier alpha value is -2.26. The zero-order chi connectivity index (χ0) is 29.5. The molecule has 3 fully saturated rings. The monoisotopic (exact) mass is 549 g/mol. The summed E-state index contributed by atoms with van der Waals surface area (Å²) in [6.45, 7) is 13.7. The van der Waals surface area contributed by atoms with E-state index in [1.165, 1.54) is 7.11 Å². The van der Waals surface area contributed by atoms with Gasteiger partial charge in [0.05, 0.1) is 18.6 Å². The molecule has 0 aromatic rings. The van der Waals surface area contributed by atoms with E-state index in [0.29, 0.717) is 13.0 Å². The van der Waals surface area contributed by atoms with Gasteiger partial charge < -0.3 is 9.47 Å². The number of carbonyl (C=O) groups is 3. The maximum absolute atomic E-state index is 14.4. The van der Waals surface area contributed by atoms with Crippen LogP contribution in [0.4, 0.5) is 0 Å². The molecule has 6 nitrogen and oxygen atoms in total. The van der Waals surface area contributed by atoms with Crippen molar-refractivity contribution in [2.24, 2.45) is 56.7 Å². The minimum absolute atomic E-state index is 0.0133. The fourth-order valence-corrected chi connectivity index (χ4v) is 10.8. The first-order chi connectivity index (χ1) is 18.6. The molecule has 40 heavy (non-hydrogen) atoms. The zero-order valence-electron chi connectivity index (χ0n) is 25.7. The number of hydrogen-bond donors (Lipinski definition) is 0. The predicted octanol–water partition coefficient (Wildman–Crippen LogP) is 6.25. The highest BCUT2D eigenvalue weighted by atomic mass is 16.5. The second-order valence-electron chi connectivity index (χ2n) is 15.3. The first kappa shape index (κ1) is 29.2. The van der Waals surface area contributed by atoms with Gasteiger partial charge in [-0.05, 0) is 85.0 Å². The van der Waals surface area contributed by atoms with E-state index in [-0.39, 0.29) is 68.9 Å². The van der Waals surface area contributed by atoms with Gasteiger partial charge in [0.25, 0.3) is 0 Å². The lowest BCUT2D eigenvalue weighted by molar-refractivity contribution is -0.172. The molecule has 9 atom stereocenters. The van der Waals surface area contributed by atoms with Crippen LogP contribution in [0.15, 0.2) is 23.3 Å². The maximum atomic E-state index is 14.4. The molecular formula is C34H47NO5. The van der Waals surface area contributed by atoms with Crippen LogP contribution in [-0.2, 0) is 23.9 Å². The summed E-state index contributed by atoms with van der Waals surface area (Å²) in [5.41, 5.74) is -0.582. The topological polar surface area (TPSA) is 93.5 Å². The smallest absolute Gasteiger partial charge is 0.308 e. The average Bonchev–Trinajstić information content (AvgIpc) is 2.89. The molecule has 0 aromatic heterocycles. The summed E-state index contributed by atoms with van der Waals surface area (Å²) in [6.07, 6.45) is 9.64. The number of nitriles is 1. The molecule has 3 saturated carbocycles. The Morgan fingerprint density at radius 1 is 1.02 bits per heavy atom. The van der Waals surface area contributed by atoms with Crippen molar-refractivity contribution in [1.29, 1.82) is 5.26 Å². The Morgan fingerprint density at radius 2 is 1.73 bits per heavy atom. The molecule has 0 amide bonds. The number of carbonyl (C=O) groups excluding carboxylic acids is 3. The number of Topliss-reactive ketones (excluding diaryl/α,β-unsaturated/α-hetero) is 1. The van der Waals surface area contributed by atoms with Gasteiger partial charge in [-0.3, -0.25) is 14.4 Å². The maximum Gasteiger partial charge on any atom is 0.308 e. The fourth-order valence-electron chi connectivity index (χ4n) is 10.8. The zero-order valence-corrected chi connectivity index (χ0v) is 25.7. The van der Waals surface area contributed by atoms with Gasteiger partial charge >= 0.3 is 5.97 Å². The van der Waals surface area contributed by atoms with Gasteiger partial charge in [-0.25, -0.2) is 0 Å². The molecule has 218 valence electrons. The van der Waals surface area contributed by atoms with E-state index in [9.17, 15) is 19.6 Å². The molecule has 5 aliphatic rings. The number of esters is 1. The molecule has 6 heteroatoms. The van der Waals surface area contributed by atoms with Crippen LogP contribution in [0.2, 0.25) is 0 Å². The van der Waals surface area contributed by atoms with Crippen LogP contribution >= 0.6 is 0 Å². The van der Waals surface area contributed by atoms with Crippen LogP contribution in [0.25, 0.3) is 0 Å². The van der Waals surface area contributed by atoms with Crippen LogP contribution in [0.3, 0.4) is 0 Å². The number of allylic oxidation sites excluding steroid dienone is 4.